The van der Waals surface area contributed by atoms with Crippen molar-refractivity contribution < 1.29 is 23.8 Å². The van der Waals surface area contributed by atoms with Crippen LogP contribution in [0.25, 0.3) is 10.8 Å². The molecule has 3 N–H and O–H groups in total. The van der Waals surface area contributed by atoms with Crippen molar-refractivity contribution in [1.82, 2.24) is 5.32 Å². The number of carbonyl (C=O) groups is 1. The van der Waals surface area contributed by atoms with Gasteiger partial charge in [0.05, 0.1) is 6.10 Å². The minimum absolute atomic E-state index is 0.124. The first kappa shape index (κ1) is 16.9. The van der Waals surface area contributed by atoms with Gasteiger partial charge in [-0.2, -0.15) is 0 Å². The molecule has 0 heterocycles. The molecule has 1 amide bonds. The highest BCUT2D eigenvalue weighted by atomic mass is 19.1. The molecule has 3 aromatic carbocycles. The smallest absolute Gasteiger partial charge is 0.251 e. The predicted octanol–water partition coefficient (Wildman–Crippen LogP) is 3.29. The summed E-state index contributed by atoms with van der Waals surface area (Å²) >= 11 is 0. The summed E-state index contributed by atoms with van der Waals surface area (Å²) in [5.41, 5.74) is 0.334. The van der Waals surface area contributed by atoms with E-state index in [0.29, 0.717) is 5.56 Å². The first-order chi connectivity index (χ1) is 12.0. The monoisotopic (exact) mass is 343 g/mol. The van der Waals surface area contributed by atoms with E-state index in [1.54, 1.807) is 6.07 Å². The summed E-state index contributed by atoms with van der Waals surface area (Å²) in [7, 11) is 0. The van der Waals surface area contributed by atoms with Gasteiger partial charge in [0.25, 0.3) is 5.91 Å². The Labute approximate surface area is 142 Å². The van der Waals surface area contributed by atoms with E-state index in [1.807, 2.05) is 36.4 Å². The topological polar surface area (TPSA) is 69.6 Å². The fraction of sp³-hybridized carbons (Fsp3) is 0.105. The maximum absolute atomic E-state index is 13.3. The molecule has 25 heavy (non-hydrogen) atoms. The van der Waals surface area contributed by atoms with Gasteiger partial charge in [0.2, 0.25) is 0 Å². The molecule has 0 spiro atoms. The van der Waals surface area contributed by atoms with Crippen molar-refractivity contribution in [2.24, 2.45) is 0 Å². The van der Waals surface area contributed by atoms with Gasteiger partial charge in [-0.15, -0.1) is 0 Å². The molecule has 0 aliphatic rings. The minimum atomic E-state index is -1.22. The second-order valence-electron chi connectivity index (χ2n) is 5.62. The third-order valence-electron chi connectivity index (χ3n) is 3.89. The number of carbonyl (C=O) groups excluding carboxylic acids is 1. The molecule has 0 unspecified atom stereocenters. The molecule has 0 radical (unpaired) electrons. The van der Waals surface area contributed by atoms with Gasteiger partial charge in [-0.3, -0.25) is 4.79 Å². The Bertz CT molecular complexity index is 920. The van der Waals surface area contributed by atoms with Crippen LogP contribution in [0.2, 0.25) is 0 Å². The van der Waals surface area contributed by atoms with E-state index < -0.39 is 29.4 Å². The zero-order chi connectivity index (χ0) is 18.0. The highest BCUT2D eigenvalue weighted by molar-refractivity contribution is 5.94. The number of aromatic hydroxyl groups is 1. The van der Waals surface area contributed by atoms with E-state index in [4.69, 9.17) is 5.11 Å². The van der Waals surface area contributed by atoms with Crippen molar-refractivity contribution >= 4 is 16.7 Å². The first-order valence-corrected chi connectivity index (χ1v) is 7.58. The Morgan fingerprint density at radius 3 is 2.32 bits per heavy atom. The van der Waals surface area contributed by atoms with Crippen molar-refractivity contribution in [2.75, 3.05) is 6.54 Å². The normalized spacial score (nSPS) is 12.1. The van der Waals surface area contributed by atoms with Crippen molar-refractivity contribution in [2.45, 2.75) is 6.10 Å². The Balaban J connectivity index is 1.70. The Hall–Kier alpha value is -2.99. The van der Waals surface area contributed by atoms with Gasteiger partial charge < -0.3 is 15.5 Å². The van der Waals surface area contributed by atoms with Gasteiger partial charge in [0.15, 0.2) is 17.4 Å². The average Bonchev–Trinajstić information content (AvgIpc) is 2.63. The molecular weight excluding hydrogens is 328 g/mol. The van der Waals surface area contributed by atoms with Crippen LogP contribution < -0.4 is 5.32 Å². The lowest BCUT2D eigenvalue weighted by molar-refractivity contribution is 0.0915. The van der Waals surface area contributed by atoms with Crippen LogP contribution in [0.3, 0.4) is 0 Å². The van der Waals surface area contributed by atoms with Crippen LogP contribution in [0.5, 0.6) is 5.75 Å². The number of fused-ring (bicyclic) bond motifs is 1. The molecule has 0 bridgehead atoms. The van der Waals surface area contributed by atoms with E-state index >= 15 is 0 Å². The molecule has 128 valence electrons. The first-order valence-electron chi connectivity index (χ1n) is 7.58. The third-order valence-corrected chi connectivity index (χ3v) is 3.89. The molecule has 1 atom stereocenters. The van der Waals surface area contributed by atoms with E-state index in [9.17, 15) is 18.7 Å². The quantitative estimate of drug-likeness (QED) is 0.681. The molecule has 6 heteroatoms. The molecule has 0 aliphatic heterocycles. The fourth-order valence-electron chi connectivity index (χ4n) is 2.52. The summed E-state index contributed by atoms with van der Waals surface area (Å²) in [5.74, 6) is -4.33. The van der Waals surface area contributed by atoms with E-state index in [1.165, 1.54) is 0 Å². The van der Waals surface area contributed by atoms with Crippen molar-refractivity contribution in [1.29, 1.82) is 0 Å². The van der Waals surface area contributed by atoms with Crippen LogP contribution in [0.1, 0.15) is 22.0 Å². The van der Waals surface area contributed by atoms with Crippen molar-refractivity contribution in [3.05, 3.63) is 77.4 Å². The zero-order valence-corrected chi connectivity index (χ0v) is 13.0. The van der Waals surface area contributed by atoms with E-state index in [-0.39, 0.29) is 12.1 Å². The number of aliphatic hydroxyl groups is 1. The summed E-state index contributed by atoms with van der Waals surface area (Å²) in [4.78, 5) is 12.0. The summed E-state index contributed by atoms with van der Waals surface area (Å²) in [6, 6.07) is 14.5. The summed E-state index contributed by atoms with van der Waals surface area (Å²) in [5, 5.41) is 23.7. The standard InChI is InChI=1S/C19H15F2NO3/c20-15-8-14(9-16(21)18(15)24)19(25)22-10-17(23)13-6-5-11-3-1-2-4-12(11)7-13/h1-9,17,23-24H,10H2,(H,22,25)/t17-/m1/s1. The fourth-order valence-corrected chi connectivity index (χ4v) is 2.52. The molecule has 0 saturated heterocycles. The molecule has 4 nitrogen and oxygen atoms in total. The molecule has 0 aliphatic carbocycles. The lowest BCUT2D eigenvalue weighted by Gasteiger charge is -2.13. The number of rotatable bonds is 4. The van der Waals surface area contributed by atoms with Gasteiger partial charge in [0, 0.05) is 12.1 Å². The summed E-state index contributed by atoms with van der Waals surface area (Å²) in [6.07, 6.45) is -0.972. The van der Waals surface area contributed by atoms with Crippen molar-refractivity contribution in [3.63, 3.8) is 0 Å². The second-order valence-corrected chi connectivity index (χ2v) is 5.62. The summed E-state index contributed by atoms with van der Waals surface area (Å²) < 4.78 is 26.6. The number of benzene rings is 3. The Kier molecular flexibility index (Phi) is 4.63. The lowest BCUT2D eigenvalue weighted by atomic mass is 10.0. The second kappa shape index (κ2) is 6.86. The van der Waals surface area contributed by atoms with Gasteiger partial charge in [-0.25, -0.2) is 8.78 Å². The summed E-state index contributed by atoms with van der Waals surface area (Å²) in [6.45, 7) is -0.124. The number of phenols is 1. The molecule has 3 aromatic rings. The maximum Gasteiger partial charge on any atom is 0.251 e. The molecule has 0 aromatic heterocycles. The average molecular weight is 343 g/mol. The zero-order valence-electron chi connectivity index (χ0n) is 13.0. The van der Waals surface area contributed by atoms with Gasteiger partial charge in [0.1, 0.15) is 0 Å². The van der Waals surface area contributed by atoms with Crippen LogP contribution in [0, 0.1) is 11.6 Å². The van der Waals surface area contributed by atoms with Crippen LogP contribution in [-0.2, 0) is 0 Å². The number of aliphatic hydroxyl groups excluding tert-OH is 1. The number of hydrogen-bond acceptors (Lipinski definition) is 3. The van der Waals surface area contributed by atoms with Crippen molar-refractivity contribution in [3.8, 4) is 5.75 Å². The van der Waals surface area contributed by atoms with Crippen LogP contribution >= 0.6 is 0 Å². The molecule has 0 fully saturated rings. The SMILES string of the molecule is O=C(NC[C@@H](O)c1ccc2ccccc2c1)c1cc(F)c(O)c(F)c1. The lowest BCUT2D eigenvalue weighted by Crippen LogP contribution is -2.28. The predicted molar refractivity (Wildman–Crippen MR) is 89.3 cm³/mol. The van der Waals surface area contributed by atoms with Gasteiger partial charge in [-0.05, 0) is 34.5 Å². The van der Waals surface area contributed by atoms with E-state index in [0.717, 1.165) is 22.9 Å². The third kappa shape index (κ3) is 3.59. The van der Waals surface area contributed by atoms with Crippen LogP contribution in [0.15, 0.2) is 54.6 Å². The number of halogens is 2. The minimum Gasteiger partial charge on any atom is -0.503 e. The Morgan fingerprint density at radius 1 is 1.00 bits per heavy atom. The van der Waals surface area contributed by atoms with Gasteiger partial charge >= 0.3 is 0 Å². The highest BCUT2D eigenvalue weighted by Crippen LogP contribution is 2.22. The van der Waals surface area contributed by atoms with Crippen LogP contribution in [0.4, 0.5) is 8.78 Å². The van der Waals surface area contributed by atoms with Crippen LogP contribution in [-0.4, -0.2) is 22.7 Å². The Morgan fingerprint density at radius 2 is 1.64 bits per heavy atom. The highest BCUT2D eigenvalue weighted by Gasteiger charge is 2.16. The molecular formula is C19H15F2NO3. The molecule has 3 rings (SSSR count). The number of phenolic OH excluding ortho intramolecular Hbond substituents is 1. The number of nitrogens with one attached hydrogen (secondary N) is 1. The van der Waals surface area contributed by atoms with Gasteiger partial charge in [-0.1, -0.05) is 36.4 Å². The molecule has 0 saturated carbocycles. The largest absolute Gasteiger partial charge is 0.503 e. The maximum atomic E-state index is 13.3. The number of hydrogen-bond donors (Lipinski definition) is 3. The van der Waals surface area contributed by atoms with E-state index in [2.05, 4.69) is 5.32 Å². The number of amides is 1.